The Morgan fingerprint density at radius 1 is 0.941 bits per heavy atom. The zero-order valence-electron chi connectivity index (χ0n) is 21.9. The predicted molar refractivity (Wildman–Crippen MR) is 145 cm³/mol. The Kier molecular flexibility index (Phi) is 14.2. The number of hydrogen-bond acceptors (Lipinski definition) is 2. The van der Waals surface area contributed by atoms with E-state index < -0.39 is 5.97 Å². The topological polar surface area (TPSA) is 63.3 Å². The lowest BCUT2D eigenvalue weighted by molar-refractivity contribution is -0.138. The summed E-state index contributed by atoms with van der Waals surface area (Å²) in [5.74, 6) is -0.0489. The molecule has 192 valence electrons. The van der Waals surface area contributed by atoms with Crippen LogP contribution in [0.3, 0.4) is 0 Å². The molecule has 0 aliphatic heterocycles. The molecule has 1 aliphatic carbocycles. The summed E-state index contributed by atoms with van der Waals surface area (Å²) in [5, 5.41) is 9.79. The molecule has 0 amide bonds. The average molecular weight is 470 g/mol. The van der Waals surface area contributed by atoms with E-state index >= 15 is 0 Å². The molecule has 1 saturated carbocycles. The fourth-order valence-corrected chi connectivity index (χ4v) is 6.19. The number of aliphatic carboxylic acids is 1. The molecular formula is C31H51NO2. The zero-order valence-corrected chi connectivity index (χ0v) is 21.9. The van der Waals surface area contributed by atoms with Gasteiger partial charge in [0.05, 0.1) is 0 Å². The van der Waals surface area contributed by atoms with Crippen molar-refractivity contribution in [3.8, 4) is 0 Å². The summed E-state index contributed by atoms with van der Waals surface area (Å²) < 4.78 is 0. The maximum Gasteiger partial charge on any atom is 0.303 e. The second kappa shape index (κ2) is 16.9. The van der Waals surface area contributed by atoms with Crippen LogP contribution in [0.15, 0.2) is 42.5 Å². The Hall–Kier alpha value is -1.61. The van der Waals surface area contributed by atoms with Gasteiger partial charge in [0.25, 0.3) is 0 Å². The van der Waals surface area contributed by atoms with Crippen LogP contribution in [0.25, 0.3) is 0 Å². The highest BCUT2D eigenvalue weighted by atomic mass is 16.4. The number of benzene rings is 1. The van der Waals surface area contributed by atoms with Gasteiger partial charge in [0.2, 0.25) is 0 Å². The molecule has 0 heterocycles. The summed E-state index contributed by atoms with van der Waals surface area (Å²) >= 11 is 0. The van der Waals surface area contributed by atoms with Crippen molar-refractivity contribution in [1.29, 1.82) is 0 Å². The lowest BCUT2D eigenvalue weighted by Crippen LogP contribution is -2.35. The van der Waals surface area contributed by atoms with Gasteiger partial charge in [-0.2, -0.15) is 0 Å². The van der Waals surface area contributed by atoms with Gasteiger partial charge in [-0.3, -0.25) is 4.79 Å². The maximum absolute atomic E-state index is 11.9. The minimum absolute atomic E-state index is 0.132. The van der Waals surface area contributed by atoms with E-state index in [0.717, 1.165) is 25.7 Å². The van der Waals surface area contributed by atoms with Crippen molar-refractivity contribution in [3.63, 3.8) is 0 Å². The van der Waals surface area contributed by atoms with Gasteiger partial charge in [-0.1, -0.05) is 101 Å². The van der Waals surface area contributed by atoms with Gasteiger partial charge < -0.3 is 10.8 Å². The van der Waals surface area contributed by atoms with Gasteiger partial charge in [-0.05, 0) is 80.7 Å². The van der Waals surface area contributed by atoms with Gasteiger partial charge in [0.1, 0.15) is 0 Å². The molecule has 1 fully saturated rings. The van der Waals surface area contributed by atoms with Crippen molar-refractivity contribution >= 4 is 5.97 Å². The van der Waals surface area contributed by atoms with Crippen LogP contribution in [0.1, 0.15) is 122 Å². The van der Waals surface area contributed by atoms with Crippen LogP contribution in [0.5, 0.6) is 0 Å². The third-order valence-corrected chi connectivity index (χ3v) is 8.08. The maximum atomic E-state index is 11.9. The number of unbranched alkanes of at least 4 members (excludes halogenated alkanes) is 6. The van der Waals surface area contributed by atoms with Crippen LogP contribution in [0.2, 0.25) is 0 Å². The highest BCUT2D eigenvalue weighted by Crippen LogP contribution is 2.46. The van der Waals surface area contributed by atoms with Crippen LogP contribution >= 0.6 is 0 Å². The molecule has 2 atom stereocenters. The van der Waals surface area contributed by atoms with Gasteiger partial charge in [-0.25, -0.2) is 0 Å². The van der Waals surface area contributed by atoms with Crippen molar-refractivity contribution in [3.05, 3.63) is 48.0 Å². The summed E-state index contributed by atoms with van der Waals surface area (Å²) in [6, 6.07) is 10.9. The van der Waals surface area contributed by atoms with Crippen LogP contribution in [-0.2, 0) is 10.2 Å². The first kappa shape index (κ1) is 28.6. The summed E-state index contributed by atoms with van der Waals surface area (Å²) in [5.41, 5.74) is 7.59. The summed E-state index contributed by atoms with van der Waals surface area (Å²) in [6.07, 6.45) is 24.2. The monoisotopic (exact) mass is 469 g/mol. The summed E-state index contributed by atoms with van der Waals surface area (Å²) in [7, 11) is 0. The summed E-state index contributed by atoms with van der Waals surface area (Å²) in [4.78, 5) is 11.9. The normalized spacial score (nSPS) is 17.6. The first-order chi connectivity index (χ1) is 16.6. The van der Waals surface area contributed by atoms with E-state index in [-0.39, 0.29) is 17.8 Å². The van der Waals surface area contributed by atoms with Crippen LogP contribution in [0, 0.1) is 11.8 Å². The number of allylic oxidation sites excluding steroid dienone is 2. The molecule has 0 saturated heterocycles. The number of hydrogen-bond donors (Lipinski definition) is 2. The third-order valence-electron chi connectivity index (χ3n) is 8.08. The Balaban J connectivity index is 1.97. The Bertz CT molecular complexity index is 678. The first-order valence-electron chi connectivity index (χ1n) is 14.2. The summed E-state index contributed by atoms with van der Waals surface area (Å²) in [6.45, 7) is 2.90. The number of carboxylic acid groups (broad SMARTS) is 1. The standard InChI is InChI=1S/C31H51NO2/c1-2-3-4-5-6-7-8-9-10-13-18-27(21-24-32)28(25-30(33)34)26-31(22-16-12-17-23-31)29-19-14-11-15-20-29/h7-8,11,14-15,19-20,27-28H,2-6,9-10,12-13,16-18,21-26,32H2,1H3,(H,33,34)/t27-,28-/m1/s1. The molecule has 2 rings (SSSR count). The molecule has 0 radical (unpaired) electrons. The quantitative estimate of drug-likeness (QED) is 0.167. The molecule has 3 nitrogen and oxygen atoms in total. The Morgan fingerprint density at radius 3 is 2.24 bits per heavy atom. The Morgan fingerprint density at radius 2 is 1.62 bits per heavy atom. The van der Waals surface area contributed by atoms with E-state index in [1.165, 1.54) is 82.6 Å². The van der Waals surface area contributed by atoms with Gasteiger partial charge in [0.15, 0.2) is 0 Å². The smallest absolute Gasteiger partial charge is 0.303 e. The number of carbonyl (C=O) groups is 1. The Labute approximate surface area is 209 Å². The van der Waals surface area contributed by atoms with Crippen molar-refractivity contribution < 1.29 is 9.90 Å². The fraction of sp³-hybridized carbons (Fsp3) is 0.710. The third kappa shape index (κ3) is 10.3. The molecule has 0 spiro atoms. The molecule has 0 aromatic heterocycles. The highest BCUT2D eigenvalue weighted by Gasteiger charge is 2.38. The molecular weight excluding hydrogens is 418 g/mol. The van der Waals surface area contributed by atoms with Crippen molar-refractivity contribution in [2.24, 2.45) is 17.6 Å². The van der Waals surface area contributed by atoms with Crippen molar-refractivity contribution in [1.82, 2.24) is 0 Å². The number of rotatable bonds is 18. The second-order valence-corrected chi connectivity index (χ2v) is 10.7. The van der Waals surface area contributed by atoms with Crippen LogP contribution in [-0.4, -0.2) is 17.6 Å². The predicted octanol–water partition coefficient (Wildman–Crippen LogP) is 8.42. The van der Waals surface area contributed by atoms with Crippen molar-refractivity contribution in [2.75, 3.05) is 6.54 Å². The van der Waals surface area contributed by atoms with Crippen LogP contribution < -0.4 is 5.73 Å². The lowest BCUT2D eigenvalue weighted by atomic mass is 9.62. The first-order valence-corrected chi connectivity index (χ1v) is 14.2. The molecule has 34 heavy (non-hydrogen) atoms. The van der Waals surface area contributed by atoms with E-state index in [0.29, 0.717) is 12.5 Å². The van der Waals surface area contributed by atoms with Gasteiger partial charge >= 0.3 is 5.97 Å². The van der Waals surface area contributed by atoms with E-state index in [1.807, 2.05) is 0 Å². The molecule has 0 unspecified atom stereocenters. The zero-order chi connectivity index (χ0) is 24.5. The van der Waals surface area contributed by atoms with Gasteiger partial charge in [-0.15, -0.1) is 0 Å². The number of carboxylic acids is 1. The fourth-order valence-electron chi connectivity index (χ4n) is 6.19. The minimum Gasteiger partial charge on any atom is -0.481 e. The minimum atomic E-state index is -0.656. The molecule has 0 bridgehead atoms. The molecule has 1 aromatic carbocycles. The average Bonchev–Trinajstić information content (AvgIpc) is 2.85. The van der Waals surface area contributed by atoms with Crippen LogP contribution in [0.4, 0.5) is 0 Å². The molecule has 3 N–H and O–H groups in total. The molecule has 1 aromatic rings. The largest absolute Gasteiger partial charge is 0.481 e. The SMILES string of the molecule is CCCCCCC=CCCCC[C@H](CCN)[C@H](CC(=O)O)CC1(c2ccccc2)CCCCC1. The van der Waals surface area contributed by atoms with E-state index in [9.17, 15) is 9.90 Å². The van der Waals surface area contributed by atoms with E-state index in [4.69, 9.17) is 5.73 Å². The van der Waals surface area contributed by atoms with Gasteiger partial charge in [0, 0.05) is 6.42 Å². The second-order valence-electron chi connectivity index (χ2n) is 10.7. The molecule has 3 heteroatoms. The lowest BCUT2D eigenvalue weighted by Gasteiger charge is -2.42. The van der Waals surface area contributed by atoms with E-state index in [2.05, 4.69) is 49.4 Å². The molecule has 1 aliphatic rings. The number of nitrogens with two attached hydrogens (primary N) is 1. The highest BCUT2D eigenvalue weighted by molar-refractivity contribution is 5.67. The van der Waals surface area contributed by atoms with Crippen molar-refractivity contribution in [2.45, 2.75) is 121 Å². The van der Waals surface area contributed by atoms with E-state index in [1.54, 1.807) is 0 Å².